The van der Waals surface area contributed by atoms with Crippen LogP contribution >= 0.6 is 0 Å². The largest absolute Gasteiger partial charge is 0.383 e. The van der Waals surface area contributed by atoms with E-state index in [1.54, 1.807) is 6.20 Å². The van der Waals surface area contributed by atoms with E-state index in [1.807, 2.05) is 19.2 Å². The predicted molar refractivity (Wildman–Crippen MR) is 72.3 cm³/mol. The molecule has 1 aliphatic carbocycles. The number of hydrogen-bond acceptors (Lipinski definition) is 5. The third kappa shape index (κ3) is 2.93. The number of nitrogens with two attached hydrogens (primary N) is 1. The first-order chi connectivity index (χ1) is 9.22. The van der Waals surface area contributed by atoms with Gasteiger partial charge in [-0.25, -0.2) is 4.98 Å². The van der Waals surface area contributed by atoms with Crippen molar-refractivity contribution in [3.8, 4) is 0 Å². The number of nitrogen functional groups attached to an aromatic ring is 1. The van der Waals surface area contributed by atoms with Crippen LogP contribution in [0.3, 0.4) is 0 Å². The molecule has 5 nitrogen and oxygen atoms in total. The monoisotopic (exact) mass is 258 g/mol. The molecule has 0 amide bonds. The summed E-state index contributed by atoms with van der Waals surface area (Å²) in [5, 5.41) is 4.12. The Morgan fingerprint density at radius 1 is 1.42 bits per heavy atom. The number of rotatable bonds is 5. The second kappa shape index (κ2) is 5.01. The van der Waals surface area contributed by atoms with Crippen molar-refractivity contribution in [3.63, 3.8) is 0 Å². The standard InChI is InChI=1S/C14H18N4O/c1-18(8-11-3-2-6-16-14(11)15)9-12-7-13(19-17-12)10-4-5-10/h2-3,6-7,10H,4-5,8-9H2,1H3,(H2,15,16). The third-order valence-corrected chi connectivity index (χ3v) is 3.36. The second-order valence-electron chi connectivity index (χ2n) is 5.21. The van der Waals surface area contributed by atoms with E-state index < -0.39 is 0 Å². The van der Waals surface area contributed by atoms with Crippen molar-refractivity contribution in [1.29, 1.82) is 0 Å². The number of nitrogens with zero attached hydrogens (tertiary/aromatic N) is 3. The molecule has 1 aliphatic rings. The first kappa shape index (κ1) is 12.2. The van der Waals surface area contributed by atoms with E-state index in [4.69, 9.17) is 10.3 Å². The highest BCUT2D eigenvalue weighted by molar-refractivity contribution is 5.38. The van der Waals surface area contributed by atoms with Crippen molar-refractivity contribution in [1.82, 2.24) is 15.0 Å². The number of hydrogen-bond donors (Lipinski definition) is 1. The molecule has 2 N–H and O–H groups in total. The van der Waals surface area contributed by atoms with Gasteiger partial charge in [-0.3, -0.25) is 4.90 Å². The van der Waals surface area contributed by atoms with Gasteiger partial charge in [-0.05, 0) is 26.0 Å². The first-order valence-electron chi connectivity index (χ1n) is 6.56. The van der Waals surface area contributed by atoms with E-state index in [9.17, 15) is 0 Å². The Kier molecular flexibility index (Phi) is 3.21. The zero-order valence-corrected chi connectivity index (χ0v) is 11.0. The molecule has 0 aromatic carbocycles. The molecule has 1 fully saturated rings. The van der Waals surface area contributed by atoms with Gasteiger partial charge in [-0.15, -0.1) is 0 Å². The molecule has 2 heterocycles. The van der Waals surface area contributed by atoms with Crippen LogP contribution < -0.4 is 5.73 Å². The van der Waals surface area contributed by atoms with Gasteiger partial charge in [-0.2, -0.15) is 0 Å². The lowest BCUT2D eigenvalue weighted by Gasteiger charge is -2.15. The first-order valence-corrected chi connectivity index (χ1v) is 6.56. The van der Waals surface area contributed by atoms with Gasteiger partial charge in [0.05, 0.1) is 5.69 Å². The Hall–Kier alpha value is -1.88. The lowest BCUT2D eigenvalue weighted by atomic mass is 10.2. The Bertz CT molecular complexity index is 562. The van der Waals surface area contributed by atoms with Crippen LogP contribution in [0, 0.1) is 0 Å². The average Bonchev–Trinajstić information content (AvgIpc) is 3.14. The summed E-state index contributed by atoms with van der Waals surface area (Å²) in [6.45, 7) is 1.51. The lowest BCUT2D eigenvalue weighted by Crippen LogP contribution is -2.18. The zero-order chi connectivity index (χ0) is 13.2. The molecule has 1 saturated carbocycles. The molecule has 0 atom stereocenters. The smallest absolute Gasteiger partial charge is 0.140 e. The Labute approximate surface area is 112 Å². The van der Waals surface area contributed by atoms with Crippen molar-refractivity contribution >= 4 is 5.82 Å². The molecule has 3 rings (SSSR count). The highest BCUT2D eigenvalue weighted by Crippen LogP contribution is 2.40. The van der Waals surface area contributed by atoms with Gasteiger partial charge >= 0.3 is 0 Å². The Morgan fingerprint density at radius 2 is 2.26 bits per heavy atom. The van der Waals surface area contributed by atoms with Crippen LogP contribution in [-0.2, 0) is 13.1 Å². The molecule has 2 aromatic rings. The minimum absolute atomic E-state index is 0.591. The van der Waals surface area contributed by atoms with Crippen molar-refractivity contribution in [2.24, 2.45) is 0 Å². The van der Waals surface area contributed by atoms with Gasteiger partial charge in [0.15, 0.2) is 0 Å². The fraction of sp³-hybridized carbons (Fsp3) is 0.429. The van der Waals surface area contributed by atoms with Gasteiger partial charge < -0.3 is 10.3 Å². The van der Waals surface area contributed by atoms with Crippen LogP contribution in [0.4, 0.5) is 5.82 Å². The summed E-state index contributed by atoms with van der Waals surface area (Å²) in [4.78, 5) is 6.25. The number of anilines is 1. The normalized spacial score (nSPS) is 15.1. The summed E-state index contributed by atoms with van der Waals surface area (Å²) in [5.74, 6) is 2.23. The Morgan fingerprint density at radius 3 is 3.00 bits per heavy atom. The average molecular weight is 258 g/mol. The molecule has 0 spiro atoms. The van der Waals surface area contributed by atoms with Crippen LogP contribution in [0.1, 0.15) is 35.8 Å². The third-order valence-electron chi connectivity index (χ3n) is 3.36. The number of pyridine rings is 1. The minimum atomic E-state index is 0.591. The van der Waals surface area contributed by atoms with Gasteiger partial charge in [0.1, 0.15) is 11.6 Å². The molecule has 0 radical (unpaired) electrons. The topological polar surface area (TPSA) is 68.2 Å². The van der Waals surface area contributed by atoms with Gasteiger partial charge in [-0.1, -0.05) is 11.2 Å². The number of aromatic nitrogens is 2. The van der Waals surface area contributed by atoms with E-state index in [1.165, 1.54) is 12.8 Å². The van der Waals surface area contributed by atoms with Crippen LogP contribution in [0.2, 0.25) is 0 Å². The van der Waals surface area contributed by atoms with Crippen molar-refractivity contribution in [3.05, 3.63) is 41.4 Å². The molecule has 0 saturated heterocycles. The summed E-state index contributed by atoms with van der Waals surface area (Å²) >= 11 is 0. The van der Waals surface area contributed by atoms with E-state index in [0.717, 1.165) is 30.1 Å². The fourth-order valence-corrected chi connectivity index (χ4v) is 2.17. The highest BCUT2D eigenvalue weighted by Gasteiger charge is 2.27. The molecule has 5 heteroatoms. The SMILES string of the molecule is CN(Cc1cc(C2CC2)on1)Cc1cccnc1N. The van der Waals surface area contributed by atoms with Crippen molar-refractivity contribution < 1.29 is 4.52 Å². The summed E-state index contributed by atoms with van der Waals surface area (Å²) in [5.41, 5.74) is 7.86. The minimum Gasteiger partial charge on any atom is -0.383 e. The highest BCUT2D eigenvalue weighted by atomic mass is 16.5. The molecule has 100 valence electrons. The second-order valence-corrected chi connectivity index (χ2v) is 5.21. The van der Waals surface area contributed by atoms with Gasteiger partial charge in [0, 0.05) is 36.8 Å². The fourth-order valence-electron chi connectivity index (χ4n) is 2.17. The summed E-state index contributed by atoms with van der Waals surface area (Å²) < 4.78 is 5.35. The molecule has 0 aliphatic heterocycles. The van der Waals surface area contributed by atoms with Crippen LogP contribution in [0.15, 0.2) is 28.9 Å². The summed E-state index contributed by atoms with van der Waals surface area (Å²) in [6, 6.07) is 5.97. The maximum absolute atomic E-state index is 5.84. The lowest BCUT2D eigenvalue weighted by molar-refractivity contribution is 0.301. The molecular formula is C14H18N4O. The predicted octanol–water partition coefficient (Wildman–Crippen LogP) is 2.16. The maximum Gasteiger partial charge on any atom is 0.140 e. The maximum atomic E-state index is 5.84. The molecule has 2 aromatic heterocycles. The molecule has 19 heavy (non-hydrogen) atoms. The molecule has 0 bridgehead atoms. The van der Waals surface area contributed by atoms with Crippen LogP contribution in [-0.4, -0.2) is 22.1 Å². The van der Waals surface area contributed by atoms with E-state index in [-0.39, 0.29) is 0 Å². The van der Waals surface area contributed by atoms with Crippen LogP contribution in [0.5, 0.6) is 0 Å². The zero-order valence-electron chi connectivity index (χ0n) is 11.0. The Balaban J connectivity index is 1.61. The summed E-state index contributed by atoms with van der Waals surface area (Å²) in [6.07, 6.45) is 4.17. The van der Waals surface area contributed by atoms with E-state index >= 15 is 0 Å². The van der Waals surface area contributed by atoms with Crippen molar-refractivity contribution in [2.75, 3.05) is 12.8 Å². The summed E-state index contributed by atoms with van der Waals surface area (Å²) in [7, 11) is 2.04. The molecule has 0 unspecified atom stereocenters. The molecular weight excluding hydrogens is 240 g/mol. The van der Waals surface area contributed by atoms with Gasteiger partial charge in [0.2, 0.25) is 0 Å². The van der Waals surface area contributed by atoms with Gasteiger partial charge in [0.25, 0.3) is 0 Å². The van der Waals surface area contributed by atoms with E-state index in [0.29, 0.717) is 11.7 Å². The van der Waals surface area contributed by atoms with Crippen LogP contribution in [0.25, 0.3) is 0 Å². The van der Waals surface area contributed by atoms with E-state index in [2.05, 4.69) is 21.1 Å². The van der Waals surface area contributed by atoms with Crippen molar-refractivity contribution in [2.45, 2.75) is 31.8 Å². The quantitative estimate of drug-likeness (QED) is 0.890.